The average molecular weight is 436 g/mol. The minimum absolute atomic E-state index is 0.192. The molecular weight excluding hydrogens is 412 g/mol. The fourth-order valence-electron chi connectivity index (χ4n) is 3.07. The molecule has 3 N–H and O–H groups in total. The van der Waals surface area contributed by atoms with Gasteiger partial charge < -0.3 is 15.0 Å². The van der Waals surface area contributed by atoms with E-state index in [1.54, 1.807) is 48.5 Å². The van der Waals surface area contributed by atoms with Gasteiger partial charge in [0.05, 0.1) is 16.5 Å². The van der Waals surface area contributed by atoms with Crippen molar-refractivity contribution in [3.05, 3.63) is 75.8 Å². The van der Waals surface area contributed by atoms with Gasteiger partial charge in [-0.25, -0.2) is 14.6 Å². The van der Waals surface area contributed by atoms with E-state index in [-0.39, 0.29) is 17.5 Å². The van der Waals surface area contributed by atoms with Gasteiger partial charge in [0.1, 0.15) is 5.82 Å². The lowest BCUT2D eigenvalue weighted by atomic mass is 10.0. The maximum Gasteiger partial charge on any atom is 0.338 e. The van der Waals surface area contributed by atoms with Crippen LogP contribution in [0.1, 0.15) is 41.5 Å². The highest BCUT2D eigenvalue weighted by molar-refractivity contribution is 5.97. The van der Waals surface area contributed by atoms with Gasteiger partial charge in [-0.2, -0.15) is 0 Å². The van der Waals surface area contributed by atoms with Crippen molar-refractivity contribution in [2.24, 2.45) is 0 Å². The number of H-pyrrole nitrogens is 1. The van der Waals surface area contributed by atoms with Crippen LogP contribution in [0.3, 0.4) is 0 Å². The largest absolute Gasteiger partial charge is 0.452 e. The number of esters is 1. The molecule has 9 heteroatoms. The predicted octanol–water partition coefficient (Wildman–Crippen LogP) is 2.30. The quantitative estimate of drug-likeness (QED) is 0.367. The molecule has 0 aliphatic rings. The Kier molecular flexibility index (Phi) is 7.69. The lowest BCUT2D eigenvalue weighted by Gasteiger charge is -2.10. The number of fused-ring (bicyclic) bond motifs is 1. The summed E-state index contributed by atoms with van der Waals surface area (Å²) >= 11 is 0. The van der Waals surface area contributed by atoms with Gasteiger partial charge in [-0.3, -0.25) is 14.9 Å². The molecule has 3 rings (SSSR count). The van der Waals surface area contributed by atoms with Crippen LogP contribution < -0.4 is 16.2 Å². The van der Waals surface area contributed by atoms with Gasteiger partial charge >= 0.3 is 12.0 Å². The number of benzene rings is 2. The smallest absolute Gasteiger partial charge is 0.338 e. The Labute approximate surface area is 184 Å². The Balaban J connectivity index is 1.65. The zero-order chi connectivity index (χ0) is 22.9. The first-order valence-electron chi connectivity index (χ1n) is 10.3. The molecule has 0 unspecified atom stereocenters. The summed E-state index contributed by atoms with van der Waals surface area (Å²) in [6.45, 7) is 1.84. The normalized spacial score (nSPS) is 10.5. The number of rotatable bonds is 8. The molecule has 2 aromatic carbocycles. The van der Waals surface area contributed by atoms with E-state index in [0.717, 1.165) is 12.8 Å². The first kappa shape index (κ1) is 22.7. The molecule has 1 aromatic heterocycles. The topological polar surface area (TPSA) is 130 Å². The Morgan fingerprint density at radius 1 is 1.06 bits per heavy atom. The van der Waals surface area contributed by atoms with E-state index in [1.807, 2.05) is 6.92 Å². The molecule has 0 saturated heterocycles. The van der Waals surface area contributed by atoms with E-state index in [2.05, 4.69) is 20.6 Å². The second kappa shape index (κ2) is 10.9. The SMILES string of the molecule is CCCCNC(=O)NC(=O)COC(=O)c1ccccc1Cc1nc2ccccc2c(=O)[nH]1. The van der Waals surface area contributed by atoms with Crippen LogP contribution in [0.25, 0.3) is 10.9 Å². The van der Waals surface area contributed by atoms with Crippen LogP contribution in [0.4, 0.5) is 4.79 Å². The fourth-order valence-corrected chi connectivity index (χ4v) is 3.07. The van der Waals surface area contributed by atoms with E-state index < -0.39 is 24.5 Å². The summed E-state index contributed by atoms with van der Waals surface area (Å²) < 4.78 is 5.07. The molecule has 0 atom stereocenters. The molecule has 0 spiro atoms. The van der Waals surface area contributed by atoms with Crippen molar-refractivity contribution >= 4 is 28.8 Å². The zero-order valence-corrected chi connectivity index (χ0v) is 17.6. The highest BCUT2D eigenvalue weighted by atomic mass is 16.5. The van der Waals surface area contributed by atoms with Crippen molar-refractivity contribution in [3.8, 4) is 0 Å². The van der Waals surface area contributed by atoms with Crippen molar-refractivity contribution in [3.63, 3.8) is 0 Å². The molecule has 166 valence electrons. The Hall–Kier alpha value is -4.01. The molecule has 3 amide bonds. The number of aromatic nitrogens is 2. The number of nitrogens with zero attached hydrogens (tertiary/aromatic N) is 1. The molecule has 9 nitrogen and oxygen atoms in total. The van der Waals surface area contributed by atoms with Crippen LogP contribution in [0, 0.1) is 0 Å². The van der Waals surface area contributed by atoms with Crippen molar-refractivity contribution in [2.45, 2.75) is 26.2 Å². The molecular formula is C23H24N4O5. The van der Waals surface area contributed by atoms with Gasteiger partial charge in [0.15, 0.2) is 6.61 Å². The Morgan fingerprint density at radius 2 is 1.81 bits per heavy atom. The van der Waals surface area contributed by atoms with E-state index in [4.69, 9.17) is 4.74 Å². The van der Waals surface area contributed by atoms with Gasteiger partial charge in [-0.15, -0.1) is 0 Å². The summed E-state index contributed by atoms with van der Waals surface area (Å²) in [5.74, 6) is -1.05. The molecule has 0 fully saturated rings. The molecule has 0 aliphatic carbocycles. The zero-order valence-electron chi connectivity index (χ0n) is 17.6. The molecule has 0 bridgehead atoms. The van der Waals surface area contributed by atoms with Gasteiger partial charge in [0.25, 0.3) is 11.5 Å². The second-order valence-corrected chi connectivity index (χ2v) is 7.10. The highest BCUT2D eigenvalue weighted by Gasteiger charge is 2.16. The minimum Gasteiger partial charge on any atom is -0.452 e. The number of carbonyl (C=O) groups is 3. The van der Waals surface area contributed by atoms with Crippen molar-refractivity contribution in [2.75, 3.05) is 13.2 Å². The number of carbonyl (C=O) groups excluding carboxylic acids is 3. The summed E-state index contributed by atoms with van der Waals surface area (Å²) in [6, 6.07) is 13.0. The number of urea groups is 1. The number of ether oxygens (including phenoxy) is 1. The standard InChI is InChI=1S/C23H24N4O5/c1-2-3-12-24-23(31)27-20(28)14-32-22(30)16-9-5-4-8-15(16)13-19-25-18-11-7-6-10-17(18)21(29)26-19/h4-11H,2-3,12-14H2,1H3,(H,25,26,29)(H2,24,27,28,31). The van der Waals surface area contributed by atoms with Gasteiger partial charge in [-0.1, -0.05) is 43.7 Å². The Bertz CT molecular complexity index is 1190. The number of aromatic amines is 1. The first-order valence-corrected chi connectivity index (χ1v) is 10.3. The molecule has 0 saturated carbocycles. The van der Waals surface area contributed by atoms with Gasteiger partial charge in [0.2, 0.25) is 0 Å². The summed E-state index contributed by atoms with van der Waals surface area (Å²) in [6.07, 6.45) is 1.90. The summed E-state index contributed by atoms with van der Waals surface area (Å²) in [5.41, 5.74) is 1.11. The monoisotopic (exact) mass is 436 g/mol. The number of imide groups is 1. The number of hydrogen-bond donors (Lipinski definition) is 3. The number of para-hydroxylation sites is 1. The maximum absolute atomic E-state index is 12.5. The third-order valence-electron chi connectivity index (χ3n) is 4.66. The highest BCUT2D eigenvalue weighted by Crippen LogP contribution is 2.15. The third-order valence-corrected chi connectivity index (χ3v) is 4.66. The molecule has 32 heavy (non-hydrogen) atoms. The molecule has 3 aromatic rings. The summed E-state index contributed by atoms with van der Waals surface area (Å²) in [5, 5.41) is 5.13. The average Bonchev–Trinajstić information content (AvgIpc) is 2.78. The van der Waals surface area contributed by atoms with Crippen LogP contribution in [0.15, 0.2) is 53.3 Å². The van der Waals surface area contributed by atoms with Crippen molar-refractivity contribution < 1.29 is 19.1 Å². The molecule has 0 aliphatic heterocycles. The van der Waals surface area contributed by atoms with Crippen LogP contribution in [-0.2, 0) is 16.0 Å². The van der Waals surface area contributed by atoms with Crippen LogP contribution in [0.2, 0.25) is 0 Å². The number of nitrogens with one attached hydrogen (secondary N) is 3. The third kappa shape index (κ3) is 6.00. The summed E-state index contributed by atoms with van der Waals surface area (Å²) in [7, 11) is 0. The molecule has 0 radical (unpaired) electrons. The second-order valence-electron chi connectivity index (χ2n) is 7.10. The van der Waals surface area contributed by atoms with Crippen molar-refractivity contribution in [1.82, 2.24) is 20.6 Å². The Morgan fingerprint density at radius 3 is 2.62 bits per heavy atom. The van der Waals surface area contributed by atoms with E-state index in [9.17, 15) is 19.2 Å². The van der Waals surface area contributed by atoms with Gasteiger partial charge in [-0.05, 0) is 30.2 Å². The number of amides is 3. The lowest BCUT2D eigenvalue weighted by molar-refractivity contribution is -0.123. The maximum atomic E-state index is 12.5. The summed E-state index contributed by atoms with van der Waals surface area (Å²) in [4.78, 5) is 55.5. The van der Waals surface area contributed by atoms with Gasteiger partial charge in [0, 0.05) is 13.0 Å². The van der Waals surface area contributed by atoms with Crippen molar-refractivity contribution in [1.29, 1.82) is 0 Å². The van der Waals surface area contributed by atoms with E-state index >= 15 is 0 Å². The van der Waals surface area contributed by atoms with Crippen LogP contribution in [-0.4, -0.2) is 41.0 Å². The fraction of sp³-hybridized carbons (Fsp3) is 0.261. The van der Waals surface area contributed by atoms with E-state index in [1.165, 1.54) is 0 Å². The van der Waals surface area contributed by atoms with Crippen LogP contribution in [0.5, 0.6) is 0 Å². The number of hydrogen-bond acceptors (Lipinski definition) is 6. The minimum atomic E-state index is -0.731. The first-order chi connectivity index (χ1) is 15.5. The van der Waals surface area contributed by atoms with E-state index in [0.29, 0.717) is 28.8 Å². The number of unbranched alkanes of at least 4 members (excludes halogenated alkanes) is 1. The molecule has 1 heterocycles. The lowest BCUT2D eigenvalue weighted by Crippen LogP contribution is -2.41. The predicted molar refractivity (Wildman–Crippen MR) is 118 cm³/mol. The van der Waals surface area contributed by atoms with Crippen LogP contribution >= 0.6 is 0 Å².